The number of piperidine rings is 1. The summed E-state index contributed by atoms with van der Waals surface area (Å²) in [4.78, 5) is 17.8. The molecule has 2 unspecified atom stereocenters. The lowest BCUT2D eigenvalue weighted by Crippen LogP contribution is -2.71. The highest BCUT2D eigenvalue weighted by Crippen LogP contribution is 2.56. The second-order valence-electron chi connectivity index (χ2n) is 13.5. The van der Waals surface area contributed by atoms with Crippen LogP contribution in [0.3, 0.4) is 0 Å². The van der Waals surface area contributed by atoms with Gasteiger partial charge in [0.1, 0.15) is 5.75 Å². The van der Waals surface area contributed by atoms with E-state index >= 15 is 0 Å². The minimum absolute atomic E-state index is 0.140. The largest absolute Gasteiger partial charge is 0.426 e. The highest BCUT2D eigenvalue weighted by Gasteiger charge is 2.63. The molecule has 0 radical (unpaired) electrons. The van der Waals surface area contributed by atoms with Crippen LogP contribution in [0.25, 0.3) is 0 Å². The molecule has 0 spiro atoms. The third kappa shape index (κ3) is 4.61. The molecule has 2 bridgehead atoms. The van der Waals surface area contributed by atoms with Crippen molar-refractivity contribution in [1.82, 2.24) is 19.6 Å². The first-order valence-electron chi connectivity index (χ1n) is 14.6. The normalized spacial score (nSPS) is 29.9. The molecule has 3 atom stereocenters. The number of hydrogen-bond donors (Lipinski definition) is 1. The molecule has 1 N–H and O–H groups in total. The predicted octanol–water partition coefficient (Wildman–Crippen LogP) is 3.95. The van der Waals surface area contributed by atoms with Crippen molar-refractivity contribution in [2.45, 2.75) is 89.8 Å². The molecule has 2 saturated heterocycles. The lowest BCUT2D eigenvalue weighted by molar-refractivity contribution is -0.149. The molecule has 3 fully saturated rings. The van der Waals surface area contributed by atoms with Crippen molar-refractivity contribution in [2.24, 2.45) is 11.3 Å². The van der Waals surface area contributed by atoms with Gasteiger partial charge in [0.05, 0.1) is 23.8 Å². The summed E-state index contributed by atoms with van der Waals surface area (Å²) in [6.45, 7) is 13.5. The maximum absolute atomic E-state index is 12.8. The van der Waals surface area contributed by atoms with Crippen LogP contribution in [0.1, 0.15) is 69.6 Å². The molecule has 1 aromatic carbocycles. The van der Waals surface area contributed by atoms with Crippen molar-refractivity contribution in [2.75, 3.05) is 32.7 Å². The number of aryl methyl sites for hydroxylation is 1. The second-order valence-corrected chi connectivity index (χ2v) is 13.5. The summed E-state index contributed by atoms with van der Waals surface area (Å²) in [7, 11) is 0. The predicted molar refractivity (Wildman–Crippen MR) is 147 cm³/mol. The standard InChI is InChI=1S/C31H44N4O3/c1-22-19-32-35(20-22)16-15-33-12-9-30-10-14-34(21-23-5-6-23)27(31(30,37)11-13-33)17-24-7-8-25(18-26(24)30)38-28(36)29(2,3)4/h7-8,18-20,23,27,37H,5-6,9-17,21H2,1-4H3/t27?,30?,31-/m1/s1. The SMILES string of the molecule is Cc1cnn(CCN2CCC34CCN(CC5CC5)C(Cc5ccc(OC(=O)C(C)(C)C)cc53)[C@]4(O)CC2)c1. The maximum atomic E-state index is 12.8. The average molecular weight is 521 g/mol. The Morgan fingerprint density at radius 1 is 1.13 bits per heavy atom. The Hall–Kier alpha value is -2.22. The zero-order valence-electron chi connectivity index (χ0n) is 23.6. The van der Waals surface area contributed by atoms with Crippen molar-refractivity contribution in [1.29, 1.82) is 0 Å². The summed E-state index contributed by atoms with van der Waals surface area (Å²) < 4.78 is 7.89. The molecule has 6 rings (SSSR count). The molecule has 2 aromatic rings. The minimum Gasteiger partial charge on any atom is -0.426 e. The zero-order valence-corrected chi connectivity index (χ0v) is 23.6. The number of ether oxygens (including phenoxy) is 1. The van der Waals surface area contributed by atoms with E-state index in [-0.39, 0.29) is 17.4 Å². The molecule has 2 aliphatic carbocycles. The van der Waals surface area contributed by atoms with Gasteiger partial charge >= 0.3 is 5.97 Å². The molecule has 0 amide bonds. The summed E-state index contributed by atoms with van der Waals surface area (Å²) >= 11 is 0. The number of nitrogens with zero attached hydrogens (tertiary/aromatic N) is 4. The Balaban J connectivity index is 1.32. The van der Waals surface area contributed by atoms with Crippen LogP contribution in [0, 0.1) is 18.3 Å². The van der Waals surface area contributed by atoms with E-state index in [2.05, 4.69) is 40.2 Å². The molecule has 1 aromatic heterocycles. The fourth-order valence-electron chi connectivity index (χ4n) is 7.28. The first-order chi connectivity index (χ1) is 18.1. The number of carbonyl (C=O) groups is 1. The first kappa shape index (κ1) is 26.0. The number of esters is 1. The fourth-order valence-corrected chi connectivity index (χ4v) is 7.28. The molecule has 7 nitrogen and oxygen atoms in total. The van der Waals surface area contributed by atoms with Gasteiger partial charge < -0.3 is 14.7 Å². The van der Waals surface area contributed by atoms with Crippen LogP contribution in [-0.2, 0) is 23.2 Å². The number of rotatable bonds is 6. The fraction of sp³-hybridized carbons (Fsp3) is 0.677. The highest BCUT2D eigenvalue weighted by molar-refractivity contribution is 5.78. The zero-order chi connectivity index (χ0) is 26.7. The third-order valence-corrected chi connectivity index (χ3v) is 9.74. The van der Waals surface area contributed by atoms with Gasteiger partial charge in [-0.15, -0.1) is 0 Å². The molecule has 4 aliphatic rings. The topological polar surface area (TPSA) is 70.8 Å². The summed E-state index contributed by atoms with van der Waals surface area (Å²) in [5.41, 5.74) is 2.03. The number of aliphatic hydroxyl groups is 1. The number of benzene rings is 1. The number of hydrogen-bond acceptors (Lipinski definition) is 6. The van der Waals surface area contributed by atoms with E-state index in [0.717, 1.165) is 70.9 Å². The van der Waals surface area contributed by atoms with Gasteiger partial charge in [-0.25, -0.2) is 0 Å². The summed E-state index contributed by atoms with van der Waals surface area (Å²) in [6.07, 6.45) is 10.2. The smallest absolute Gasteiger partial charge is 0.316 e. The van der Waals surface area contributed by atoms with Gasteiger partial charge in [-0.1, -0.05) is 6.07 Å². The molecule has 3 heterocycles. The Morgan fingerprint density at radius 2 is 1.89 bits per heavy atom. The number of aromatic nitrogens is 2. The van der Waals surface area contributed by atoms with E-state index in [1.807, 2.05) is 37.7 Å². The molecule has 2 aliphatic heterocycles. The Morgan fingerprint density at radius 3 is 2.61 bits per heavy atom. The number of carbonyl (C=O) groups excluding carboxylic acids is 1. The van der Waals surface area contributed by atoms with Gasteiger partial charge in [-0.05, 0) is 114 Å². The van der Waals surface area contributed by atoms with Gasteiger partial charge in [-0.3, -0.25) is 14.4 Å². The van der Waals surface area contributed by atoms with Crippen LogP contribution in [0.15, 0.2) is 30.6 Å². The quantitative estimate of drug-likeness (QED) is 0.460. The Labute approximate surface area is 227 Å². The van der Waals surface area contributed by atoms with Crippen LogP contribution in [0.5, 0.6) is 5.75 Å². The van der Waals surface area contributed by atoms with Gasteiger partial charge in [0.15, 0.2) is 0 Å². The third-order valence-electron chi connectivity index (χ3n) is 9.74. The lowest BCUT2D eigenvalue weighted by Gasteiger charge is -2.61. The van der Waals surface area contributed by atoms with E-state index in [1.165, 1.54) is 29.5 Å². The van der Waals surface area contributed by atoms with Crippen LogP contribution in [0.2, 0.25) is 0 Å². The summed E-state index contributed by atoms with van der Waals surface area (Å²) in [5.74, 6) is 1.18. The van der Waals surface area contributed by atoms with Crippen molar-refractivity contribution < 1.29 is 14.6 Å². The molecular weight excluding hydrogens is 476 g/mol. The average Bonchev–Trinajstić information content (AvgIpc) is 3.61. The van der Waals surface area contributed by atoms with Crippen molar-refractivity contribution in [3.8, 4) is 5.75 Å². The Bertz CT molecular complexity index is 1200. The van der Waals surface area contributed by atoms with Crippen molar-refractivity contribution in [3.63, 3.8) is 0 Å². The van der Waals surface area contributed by atoms with E-state index in [9.17, 15) is 9.90 Å². The van der Waals surface area contributed by atoms with Gasteiger partial charge in [0.25, 0.3) is 0 Å². The van der Waals surface area contributed by atoms with Crippen LogP contribution < -0.4 is 4.74 Å². The molecular formula is C31H44N4O3. The lowest BCUT2D eigenvalue weighted by atomic mass is 9.52. The second kappa shape index (κ2) is 9.46. The monoisotopic (exact) mass is 520 g/mol. The Kier molecular flexibility index (Phi) is 6.48. The molecule has 1 saturated carbocycles. The van der Waals surface area contributed by atoms with E-state index in [0.29, 0.717) is 5.75 Å². The van der Waals surface area contributed by atoms with Crippen LogP contribution in [-0.4, -0.2) is 75.0 Å². The summed E-state index contributed by atoms with van der Waals surface area (Å²) in [6, 6.07) is 6.36. The number of likely N-dealkylation sites (tertiary alicyclic amines) is 2. The van der Waals surface area contributed by atoms with Crippen LogP contribution in [0.4, 0.5) is 0 Å². The van der Waals surface area contributed by atoms with Gasteiger partial charge in [-0.2, -0.15) is 5.10 Å². The molecule has 206 valence electrons. The molecule has 38 heavy (non-hydrogen) atoms. The maximum Gasteiger partial charge on any atom is 0.316 e. The van der Waals surface area contributed by atoms with E-state index in [4.69, 9.17) is 4.74 Å². The van der Waals surface area contributed by atoms with Gasteiger partial charge in [0.2, 0.25) is 0 Å². The number of fused-ring (bicyclic) bond motifs is 1. The highest BCUT2D eigenvalue weighted by atomic mass is 16.5. The van der Waals surface area contributed by atoms with E-state index in [1.54, 1.807) is 0 Å². The summed E-state index contributed by atoms with van der Waals surface area (Å²) in [5, 5.41) is 17.3. The van der Waals surface area contributed by atoms with E-state index < -0.39 is 11.0 Å². The van der Waals surface area contributed by atoms with Crippen molar-refractivity contribution >= 4 is 5.97 Å². The first-order valence-corrected chi connectivity index (χ1v) is 14.6. The molecule has 7 heteroatoms. The minimum atomic E-state index is -0.795. The van der Waals surface area contributed by atoms with Crippen molar-refractivity contribution in [3.05, 3.63) is 47.3 Å². The van der Waals surface area contributed by atoms with Crippen LogP contribution >= 0.6 is 0 Å². The van der Waals surface area contributed by atoms with Gasteiger partial charge in [0, 0.05) is 37.3 Å².